The van der Waals surface area contributed by atoms with E-state index in [1.807, 2.05) is 20.9 Å². The number of sulfonamides is 1. The van der Waals surface area contributed by atoms with Crippen LogP contribution < -0.4 is 4.87 Å². The van der Waals surface area contributed by atoms with Gasteiger partial charge in [0.1, 0.15) is 0 Å². The molecule has 24 heavy (non-hydrogen) atoms. The van der Waals surface area contributed by atoms with Crippen molar-refractivity contribution in [1.29, 1.82) is 0 Å². The standard InChI is InChI=1S/C15H18N4O3S2/c1-9-12(10(2)19(4)17-9)8-18(3)24(21,22)11-5-6-13-14(7-11)23-15(20)16-13/h5-7H,8H2,1-4H3,(H,16,20). The maximum Gasteiger partial charge on any atom is 0.305 e. The van der Waals surface area contributed by atoms with E-state index in [1.165, 1.54) is 16.4 Å². The third-order valence-corrected chi connectivity index (χ3v) is 6.78. The second-order valence-electron chi connectivity index (χ2n) is 5.71. The van der Waals surface area contributed by atoms with Crippen molar-refractivity contribution in [3.8, 4) is 0 Å². The molecule has 0 aliphatic carbocycles. The Hall–Kier alpha value is -1.97. The molecule has 1 N–H and O–H groups in total. The molecule has 0 atom stereocenters. The van der Waals surface area contributed by atoms with E-state index in [0.717, 1.165) is 28.3 Å². The van der Waals surface area contributed by atoms with Crippen LogP contribution in [0.5, 0.6) is 0 Å². The SMILES string of the molecule is Cc1nn(C)c(C)c1CN(C)S(=O)(=O)c1ccc2[nH]c(=O)sc2c1. The molecular weight excluding hydrogens is 348 g/mol. The van der Waals surface area contributed by atoms with Gasteiger partial charge in [0.25, 0.3) is 0 Å². The Balaban J connectivity index is 1.97. The first-order valence-corrected chi connectivity index (χ1v) is 9.54. The lowest BCUT2D eigenvalue weighted by Gasteiger charge is -2.17. The summed E-state index contributed by atoms with van der Waals surface area (Å²) < 4.78 is 29.3. The van der Waals surface area contributed by atoms with Crippen molar-refractivity contribution in [3.63, 3.8) is 0 Å². The zero-order valence-corrected chi connectivity index (χ0v) is 15.5. The molecule has 0 bridgehead atoms. The van der Waals surface area contributed by atoms with Crippen molar-refractivity contribution in [2.75, 3.05) is 7.05 Å². The average Bonchev–Trinajstić information content (AvgIpc) is 3.00. The van der Waals surface area contributed by atoms with Crippen LogP contribution in [-0.2, 0) is 23.6 Å². The second kappa shape index (κ2) is 5.83. The van der Waals surface area contributed by atoms with Crippen LogP contribution in [0.3, 0.4) is 0 Å². The van der Waals surface area contributed by atoms with Gasteiger partial charge in [-0.05, 0) is 32.0 Å². The highest BCUT2D eigenvalue weighted by Crippen LogP contribution is 2.24. The fraction of sp³-hybridized carbons (Fsp3) is 0.333. The lowest BCUT2D eigenvalue weighted by Crippen LogP contribution is -2.27. The van der Waals surface area contributed by atoms with Gasteiger partial charge in [0.2, 0.25) is 10.0 Å². The number of aromatic amines is 1. The molecule has 7 nitrogen and oxygen atoms in total. The van der Waals surface area contributed by atoms with E-state index in [1.54, 1.807) is 17.8 Å². The van der Waals surface area contributed by atoms with Gasteiger partial charge in [-0.3, -0.25) is 9.48 Å². The average molecular weight is 366 g/mol. The minimum atomic E-state index is -3.66. The molecule has 2 aromatic heterocycles. The van der Waals surface area contributed by atoms with E-state index < -0.39 is 10.0 Å². The lowest BCUT2D eigenvalue weighted by molar-refractivity contribution is 0.465. The molecule has 0 saturated carbocycles. The smallest absolute Gasteiger partial charge is 0.305 e. The molecule has 0 amide bonds. The fourth-order valence-corrected chi connectivity index (χ4v) is 4.64. The van der Waals surface area contributed by atoms with Gasteiger partial charge < -0.3 is 4.98 Å². The molecule has 0 aliphatic rings. The monoisotopic (exact) mass is 366 g/mol. The van der Waals surface area contributed by atoms with Crippen LogP contribution in [0, 0.1) is 13.8 Å². The summed E-state index contributed by atoms with van der Waals surface area (Å²) in [5.41, 5.74) is 3.30. The zero-order valence-electron chi connectivity index (χ0n) is 13.8. The quantitative estimate of drug-likeness (QED) is 0.762. The number of hydrogen-bond donors (Lipinski definition) is 1. The summed E-state index contributed by atoms with van der Waals surface area (Å²) in [5.74, 6) is 0. The van der Waals surface area contributed by atoms with Crippen molar-refractivity contribution >= 4 is 31.6 Å². The highest BCUT2D eigenvalue weighted by molar-refractivity contribution is 7.89. The molecule has 0 radical (unpaired) electrons. The first kappa shape index (κ1) is 16.9. The van der Waals surface area contributed by atoms with Crippen LogP contribution in [0.15, 0.2) is 27.9 Å². The maximum absolute atomic E-state index is 12.8. The van der Waals surface area contributed by atoms with Gasteiger partial charge >= 0.3 is 4.87 Å². The molecular formula is C15H18N4O3S2. The largest absolute Gasteiger partial charge is 0.312 e. The predicted octanol–water partition coefficient (Wildman–Crippen LogP) is 1.76. The number of aromatic nitrogens is 3. The van der Waals surface area contributed by atoms with E-state index >= 15 is 0 Å². The van der Waals surface area contributed by atoms with Gasteiger partial charge in [0.15, 0.2) is 0 Å². The summed E-state index contributed by atoms with van der Waals surface area (Å²) in [5, 5.41) is 4.32. The first-order valence-electron chi connectivity index (χ1n) is 7.28. The van der Waals surface area contributed by atoms with Crippen LogP contribution in [0.4, 0.5) is 0 Å². The van der Waals surface area contributed by atoms with Crippen molar-refractivity contribution in [2.24, 2.45) is 7.05 Å². The van der Waals surface area contributed by atoms with Crippen LogP contribution in [0.25, 0.3) is 10.2 Å². The van der Waals surface area contributed by atoms with E-state index in [9.17, 15) is 13.2 Å². The lowest BCUT2D eigenvalue weighted by atomic mass is 10.2. The normalized spacial score (nSPS) is 12.4. The molecule has 0 unspecified atom stereocenters. The summed E-state index contributed by atoms with van der Waals surface area (Å²) in [6.45, 7) is 4.03. The van der Waals surface area contributed by atoms with Gasteiger partial charge in [-0.15, -0.1) is 0 Å². The fourth-order valence-electron chi connectivity index (χ4n) is 2.62. The van der Waals surface area contributed by atoms with E-state index in [4.69, 9.17) is 0 Å². The Morgan fingerprint density at radius 1 is 1.33 bits per heavy atom. The van der Waals surface area contributed by atoms with Crippen LogP contribution in [0.2, 0.25) is 0 Å². The number of thiazole rings is 1. The predicted molar refractivity (Wildman–Crippen MR) is 93.8 cm³/mol. The van der Waals surface area contributed by atoms with Crippen LogP contribution in [0.1, 0.15) is 17.0 Å². The molecule has 0 spiro atoms. The topological polar surface area (TPSA) is 88.1 Å². The zero-order chi connectivity index (χ0) is 17.6. The highest BCUT2D eigenvalue weighted by Gasteiger charge is 2.24. The minimum absolute atomic E-state index is 0.173. The number of nitrogens with zero attached hydrogens (tertiary/aromatic N) is 3. The summed E-state index contributed by atoms with van der Waals surface area (Å²) in [7, 11) is -0.275. The number of fused-ring (bicyclic) bond motifs is 1. The van der Waals surface area contributed by atoms with Crippen molar-refractivity contribution in [2.45, 2.75) is 25.3 Å². The summed E-state index contributed by atoms with van der Waals surface area (Å²) in [4.78, 5) is 14.0. The maximum atomic E-state index is 12.8. The van der Waals surface area contributed by atoms with Crippen molar-refractivity contribution in [3.05, 3.63) is 44.8 Å². The minimum Gasteiger partial charge on any atom is -0.312 e. The molecule has 0 saturated heterocycles. The Morgan fingerprint density at radius 2 is 2.04 bits per heavy atom. The number of nitrogens with one attached hydrogen (secondary N) is 1. The molecule has 0 fully saturated rings. The van der Waals surface area contributed by atoms with Crippen LogP contribution in [-0.4, -0.2) is 34.5 Å². The Labute approximate surface area is 143 Å². The Kier molecular flexibility index (Phi) is 4.10. The van der Waals surface area contributed by atoms with Gasteiger partial charge in [-0.2, -0.15) is 9.40 Å². The summed E-state index contributed by atoms with van der Waals surface area (Å²) >= 11 is 0.999. The number of rotatable bonds is 4. The van der Waals surface area contributed by atoms with Gasteiger partial charge in [-0.25, -0.2) is 8.42 Å². The number of benzene rings is 1. The Morgan fingerprint density at radius 3 is 2.67 bits per heavy atom. The number of H-pyrrole nitrogens is 1. The Bertz CT molecular complexity index is 1080. The highest BCUT2D eigenvalue weighted by atomic mass is 32.2. The van der Waals surface area contributed by atoms with Crippen molar-refractivity contribution < 1.29 is 8.42 Å². The van der Waals surface area contributed by atoms with Crippen LogP contribution >= 0.6 is 11.3 Å². The molecule has 3 rings (SSSR count). The molecule has 128 valence electrons. The molecule has 1 aromatic carbocycles. The number of aryl methyl sites for hydroxylation is 2. The molecule has 2 heterocycles. The van der Waals surface area contributed by atoms with Gasteiger partial charge in [0, 0.05) is 31.9 Å². The van der Waals surface area contributed by atoms with E-state index in [0.29, 0.717) is 10.2 Å². The van der Waals surface area contributed by atoms with Gasteiger partial charge in [-0.1, -0.05) is 11.3 Å². The van der Waals surface area contributed by atoms with Crippen molar-refractivity contribution in [1.82, 2.24) is 19.1 Å². The summed E-state index contributed by atoms with van der Waals surface area (Å²) in [6, 6.07) is 4.67. The van der Waals surface area contributed by atoms with E-state index in [2.05, 4.69) is 10.1 Å². The third-order valence-electron chi connectivity index (χ3n) is 4.14. The molecule has 9 heteroatoms. The molecule has 3 aromatic rings. The second-order valence-corrected chi connectivity index (χ2v) is 8.77. The first-order chi connectivity index (χ1) is 11.2. The number of hydrogen-bond acceptors (Lipinski definition) is 5. The van der Waals surface area contributed by atoms with E-state index in [-0.39, 0.29) is 16.3 Å². The molecule has 0 aliphatic heterocycles. The summed E-state index contributed by atoms with van der Waals surface area (Å²) in [6.07, 6.45) is 0. The van der Waals surface area contributed by atoms with Gasteiger partial charge in [0.05, 0.1) is 20.8 Å². The third kappa shape index (κ3) is 2.79.